The number of aromatic nitrogens is 1. The number of allylic oxidation sites excluding steroid dienone is 1. The van der Waals surface area contributed by atoms with Crippen LogP contribution < -0.4 is 5.32 Å². The smallest absolute Gasteiger partial charge is 0.205 e. The molecule has 0 amide bonds. The lowest BCUT2D eigenvalue weighted by atomic mass is 10.2. The zero-order chi connectivity index (χ0) is 12.8. The summed E-state index contributed by atoms with van der Waals surface area (Å²) in [6.45, 7) is 0. The largest absolute Gasteiger partial charge is 0.361 e. The molecule has 1 aromatic heterocycles. The Morgan fingerprint density at radius 2 is 1.94 bits per heavy atom. The fourth-order valence-corrected chi connectivity index (χ4v) is 1.92. The van der Waals surface area contributed by atoms with E-state index in [1.54, 1.807) is 30.6 Å². The van der Waals surface area contributed by atoms with Crippen LogP contribution in [0.5, 0.6) is 0 Å². The summed E-state index contributed by atoms with van der Waals surface area (Å²) < 4.78 is 1.10. The van der Waals surface area contributed by atoms with Gasteiger partial charge in [0.15, 0.2) is 0 Å². The number of ketones is 1. The van der Waals surface area contributed by atoms with Crippen LogP contribution in [0, 0.1) is 3.57 Å². The lowest BCUT2D eigenvalue weighted by Gasteiger charge is -2.02. The normalized spacial score (nSPS) is 10.5. The van der Waals surface area contributed by atoms with Crippen LogP contribution in [0.15, 0.2) is 60.9 Å². The van der Waals surface area contributed by atoms with Crippen molar-refractivity contribution in [3.8, 4) is 0 Å². The van der Waals surface area contributed by atoms with Crippen molar-refractivity contribution in [3.05, 3.63) is 70.2 Å². The van der Waals surface area contributed by atoms with Crippen LogP contribution in [0.25, 0.3) is 0 Å². The molecule has 90 valence electrons. The SMILES string of the molecule is O=C(C=CNc1ccccc1I)c1ccccn1. The van der Waals surface area contributed by atoms with Gasteiger partial charge in [0, 0.05) is 22.0 Å². The molecule has 1 N–H and O–H groups in total. The summed E-state index contributed by atoms with van der Waals surface area (Å²) in [7, 11) is 0. The highest BCUT2D eigenvalue weighted by Crippen LogP contribution is 2.16. The van der Waals surface area contributed by atoms with Gasteiger partial charge >= 0.3 is 0 Å². The van der Waals surface area contributed by atoms with Crippen LogP contribution in [0.2, 0.25) is 0 Å². The predicted molar refractivity (Wildman–Crippen MR) is 80.5 cm³/mol. The molecule has 0 fully saturated rings. The van der Waals surface area contributed by atoms with Gasteiger partial charge < -0.3 is 5.32 Å². The van der Waals surface area contributed by atoms with Crippen LogP contribution in [-0.2, 0) is 0 Å². The predicted octanol–water partition coefficient (Wildman–Crippen LogP) is 3.49. The van der Waals surface area contributed by atoms with Crippen molar-refractivity contribution < 1.29 is 4.79 Å². The molecule has 0 aliphatic rings. The first-order valence-corrected chi connectivity index (χ1v) is 6.48. The van der Waals surface area contributed by atoms with Gasteiger partial charge in [0.1, 0.15) is 5.69 Å². The lowest BCUT2D eigenvalue weighted by molar-refractivity contribution is 0.104. The summed E-state index contributed by atoms with van der Waals surface area (Å²) in [5.74, 6) is -0.117. The molecule has 1 heterocycles. The Hall–Kier alpha value is -1.69. The standard InChI is InChI=1S/C14H11IN2O/c15-11-5-1-2-6-12(11)17-10-8-14(18)13-7-3-4-9-16-13/h1-10,17H. The van der Waals surface area contributed by atoms with Crippen molar-refractivity contribution in [1.29, 1.82) is 0 Å². The fourth-order valence-electron chi connectivity index (χ4n) is 1.38. The molecular weight excluding hydrogens is 339 g/mol. The molecule has 2 rings (SSSR count). The quantitative estimate of drug-likeness (QED) is 0.521. The molecular formula is C14H11IN2O. The minimum absolute atomic E-state index is 0.117. The molecule has 0 saturated carbocycles. The van der Waals surface area contributed by atoms with Gasteiger partial charge in [0.25, 0.3) is 0 Å². The topological polar surface area (TPSA) is 42.0 Å². The van der Waals surface area contributed by atoms with Gasteiger partial charge in [-0.25, -0.2) is 0 Å². The van der Waals surface area contributed by atoms with Gasteiger partial charge in [-0.15, -0.1) is 0 Å². The molecule has 0 radical (unpaired) electrons. The monoisotopic (exact) mass is 350 g/mol. The van der Waals surface area contributed by atoms with E-state index >= 15 is 0 Å². The zero-order valence-electron chi connectivity index (χ0n) is 9.51. The fraction of sp³-hybridized carbons (Fsp3) is 0. The van der Waals surface area contributed by atoms with Gasteiger partial charge in [-0.2, -0.15) is 0 Å². The van der Waals surface area contributed by atoms with Crippen LogP contribution in [0.3, 0.4) is 0 Å². The molecule has 1 aromatic carbocycles. The summed E-state index contributed by atoms with van der Waals surface area (Å²) in [6.07, 6.45) is 4.72. The number of pyridine rings is 1. The molecule has 0 aliphatic heterocycles. The van der Waals surface area contributed by atoms with Gasteiger partial charge in [-0.3, -0.25) is 9.78 Å². The third-order valence-corrected chi connectivity index (χ3v) is 3.21. The third-order valence-electron chi connectivity index (χ3n) is 2.26. The number of halogens is 1. The average molecular weight is 350 g/mol. The first-order valence-electron chi connectivity index (χ1n) is 5.40. The van der Waals surface area contributed by atoms with E-state index in [1.165, 1.54) is 6.08 Å². The number of para-hydroxylation sites is 1. The van der Waals surface area contributed by atoms with E-state index in [-0.39, 0.29) is 5.78 Å². The molecule has 0 aliphatic carbocycles. The summed E-state index contributed by atoms with van der Waals surface area (Å²) in [5, 5.41) is 3.08. The van der Waals surface area contributed by atoms with Gasteiger partial charge in [-0.05, 0) is 46.9 Å². The van der Waals surface area contributed by atoms with Crippen LogP contribution in [0.1, 0.15) is 10.5 Å². The van der Waals surface area contributed by atoms with Crippen molar-refractivity contribution in [2.75, 3.05) is 5.32 Å². The van der Waals surface area contributed by atoms with Gasteiger partial charge in [-0.1, -0.05) is 18.2 Å². The van der Waals surface area contributed by atoms with Gasteiger partial charge in [0.05, 0.1) is 5.69 Å². The first-order chi connectivity index (χ1) is 8.77. The molecule has 0 saturated heterocycles. The maximum Gasteiger partial charge on any atom is 0.205 e. The molecule has 18 heavy (non-hydrogen) atoms. The molecule has 0 atom stereocenters. The number of hydrogen-bond acceptors (Lipinski definition) is 3. The second kappa shape index (κ2) is 6.30. The Morgan fingerprint density at radius 3 is 2.67 bits per heavy atom. The van der Waals surface area contributed by atoms with E-state index < -0.39 is 0 Å². The maximum absolute atomic E-state index is 11.7. The van der Waals surface area contributed by atoms with Crippen LogP contribution in [-0.4, -0.2) is 10.8 Å². The Balaban J connectivity index is 2.01. The van der Waals surface area contributed by atoms with E-state index in [1.807, 2.05) is 24.3 Å². The average Bonchev–Trinajstić information content (AvgIpc) is 2.42. The highest BCUT2D eigenvalue weighted by Gasteiger charge is 2.01. The highest BCUT2D eigenvalue weighted by molar-refractivity contribution is 14.1. The van der Waals surface area contributed by atoms with E-state index in [2.05, 4.69) is 32.9 Å². The molecule has 2 aromatic rings. The first kappa shape index (κ1) is 12.8. The minimum Gasteiger partial charge on any atom is -0.361 e. The lowest BCUT2D eigenvalue weighted by Crippen LogP contribution is -1.99. The van der Waals surface area contributed by atoms with Crippen LogP contribution >= 0.6 is 22.6 Å². The number of nitrogens with zero attached hydrogens (tertiary/aromatic N) is 1. The number of nitrogens with one attached hydrogen (secondary N) is 1. The number of carbonyl (C=O) groups excluding carboxylic acids is 1. The van der Waals surface area contributed by atoms with Crippen molar-refractivity contribution in [1.82, 2.24) is 4.98 Å². The zero-order valence-corrected chi connectivity index (χ0v) is 11.7. The number of rotatable bonds is 4. The number of benzene rings is 1. The van der Waals surface area contributed by atoms with Crippen molar-refractivity contribution >= 4 is 34.1 Å². The van der Waals surface area contributed by atoms with Crippen molar-refractivity contribution in [2.24, 2.45) is 0 Å². The van der Waals surface area contributed by atoms with Gasteiger partial charge in [0.2, 0.25) is 5.78 Å². The molecule has 0 unspecified atom stereocenters. The Bertz CT molecular complexity index is 567. The Morgan fingerprint density at radius 1 is 1.17 bits per heavy atom. The minimum atomic E-state index is -0.117. The second-order valence-electron chi connectivity index (χ2n) is 3.54. The molecule has 0 bridgehead atoms. The van der Waals surface area contributed by atoms with E-state index in [9.17, 15) is 4.79 Å². The number of hydrogen-bond donors (Lipinski definition) is 1. The molecule has 3 nitrogen and oxygen atoms in total. The molecule has 0 spiro atoms. The van der Waals surface area contributed by atoms with E-state index in [0.717, 1.165) is 9.26 Å². The summed E-state index contributed by atoms with van der Waals surface area (Å²) >= 11 is 2.24. The second-order valence-corrected chi connectivity index (χ2v) is 4.70. The summed E-state index contributed by atoms with van der Waals surface area (Å²) in [5.41, 5.74) is 1.42. The van der Waals surface area contributed by atoms with Crippen LogP contribution in [0.4, 0.5) is 5.69 Å². The van der Waals surface area contributed by atoms with Crippen molar-refractivity contribution in [2.45, 2.75) is 0 Å². The maximum atomic E-state index is 11.7. The molecule has 4 heteroatoms. The summed E-state index contributed by atoms with van der Waals surface area (Å²) in [6, 6.07) is 13.1. The van der Waals surface area contributed by atoms with E-state index in [0.29, 0.717) is 5.69 Å². The number of carbonyl (C=O) groups is 1. The Kier molecular flexibility index (Phi) is 4.46. The van der Waals surface area contributed by atoms with Crippen molar-refractivity contribution in [3.63, 3.8) is 0 Å². The summed E-state index contributed by atoms with van der Waals surface area (Å²) in [4.78, 5) is 15.7. The number of anilines is 1. The third kappa shape index (κ3) is 3.40. The van der Waals surface area contributed by atoms with E-state index in [4.69, 9.17) is 0 Å². The Labute approximate surface area is 119 Å². The highest BCUT2D eigenvalue weighted by atomic mass is 127.